The van der Waals surface area contributed by atoms with E-state index in [-0.39, 0.29) is 17.7 Å². The second-order valence-electron chi connectivity index (χ2n) is 7.71. The second-order valence-corrected chi connectivity index (χ2v) is 8.65. The van der Waals surface area contributed by atoms with Crippen molar-refractivity contribution < 1.29 is 14.3 Å². The predicted octanol–water partition coefficient (Wildman–Crippen LogP) is 3.86. The summed E-state index contributed by atoms with van der Waals surface area (Å²) in [7, 11) is 5.38. The molecule has 0 aliphatic carbocycles. The number of thioether (sulfide) groups is 1. The number of amides is 1. The molecule has 174 valence electrons. The number of carbonyl (C=O) groups excluding carboxylic acids is 2. The van der Waals surface area contributed by atoms with Crippen LogP contribution in [0, 0.1) is 0 Å². The lowest BCUT2D eigenvalue weighted by Crippen LogP contribution is -2.23. The number of methoxy groups -OCH3 is 1. The van der Waals surface area contributed by atoms with Crippen LogP contribution in [0.2, 0.25) is 0 Å². The standard InChI is InChI=1S/C24H29N5O3S/c1-5-20(28(2)3)22-26-27-24(29(22)15-17-10-7-6-8-11-17)33-16-21(30)25-19-13-9-12-18(14-19)23(31)32-4/h6-14,20H,5,15-16H2,1-4H3,(H,25,30). The predicted molar refractivity (Wildman–Crippen MR) is 129 cm³/mol. The Hall–Kier alpha value is -3.17. The number of benzene rings is 2. The number of anilines is 1. The first-order chi connectivity index (χ1) is 15.9. The van der Waals surface area contributed by atoms with Crippen LogP contribution in [0.5, 0.6) is 0 Å². The lowest BCUT2D eigenvalue weighted by atomic mass is 10.2. The molecule has 1 amide bonds. The Morgan fingerprint density at radius 3 is 2.55 bits per heavy atom. The Labute approximate surface area is 198 Å². The van der Waals surface area contributed by atoms with Gasteiger partial charge < -0.3 is 14.6 Å². The molecule has 9 heteroatoms. The van der Waals surface area contributed by atoms with Crippen molar-refractivity contribution in [1.82, 2.24) is 19.7 Å². The summed E-state index contributed by atoms with van der Waals surface area (Å²) in [5.74, 6) is 0.389. The number of aromatic nitrogens is 3. The van der Waals surface area contributed by atoms with Gasteiger partial charge in [0.1, 0.15) is 0 Å². The molecule has 0 aliphatic rings. The quantitative estimate of drug-likeness (QED) is 0.358. The zero-order valence-electron chi connectivity index (χ0n) is 19.3. The van der Waals surface area contributed by atoms with Gasteiger partial charge in [-0.2, -0.15) is 0 Å². The SMILES string of the molecule is CCC(c1nnc(SCC(=O)Nc2cccc(C(=O)OC)c2)n1Cc1ccccc1)N(C)C. The van der Waals surface area contributed by atoms with Gasteiger partial charge in [-0.3, -0.25) is 9.69 Å². The highest BCUT2D eigenvalue weighted by Crippen LogP contribution is 2.26. The van der Waals surface area contributed by atoms with Gasteiger partial charge in [0.15, 0.2) is 11.0 Å². The minimum Gasteiger partial charge on any atom is -0.465 e. The molecule has 1 aromatic heterocycles. The molecule has 33 heavy (non-hydrogen) atoms. The van der Waals surface area contributed by atoms with Crippen LogP contribution in [0.3, 0.4) is 0 Å². The number of hydrogen-bond acceptors (Lipinski definition) is 7. The van der Waals surface area contributed by atoms with Crippen molar-refractivity contribution in [2.24, 2.45) is 0 Å². The summed E-state index contributed by atoms with van der Waals surface area (Å²) in [4.78, 5) is 26.4. The van der Waals surface area contributed by atoms with Gasteiger partial charge in [-0.25, -0.2) is 4.79 Å². The normalized spacial score (nSPS) is 11.9. The van der Waals surface area contributed by atoms with Gasteiger partial charge in [0.2, 0.25) is 5.91 Å². The fourth-order valence-electron chi connectivity index (χ4n) is 3.52. The molecule has 3 rings (SSSR count). The zero-order chi connectivity index (χ0) is 23.8. The monoisotopic (exact) mass is 467 g/mol. The summed E-state index contributed by atoms with van der Waals surface area (Å²) < 4.78 is 6.82. The molecule has 1 atom stereocenters. The van der Waals surface area contributed by atoms with E-state index in [2.05, 4.69) is 44.0 Å². The average Bonchev–Trinajstić information content (AvgIpc) is 3.20. The number of nitrogens with zero attached hydrogens (tertiary/aromatic N) is 4. The van der Waals surface area contributed by atoms with Crippen LogP contribution in [0.4, 0.5) is 5.69 Å². The molecule has 0 bridgehead atoms. The maximum Gasteiger partial charge on any atom is 0.337 e. The van der Waals surface area contributed by atoms with Crippen LogP contribution in [0.1, 0.15) is 41.1 Å². The highest BCUT2D eigenvalue weighted by molar-refractivity contribution is 7.99. The zero-order valence-corrected chi connectivity index (χ0v) is 20.1. The minimum absolute atomic E-state index is 0.116. The average molecular weight is 468 g/mol. The van der Waals surface area contributed by atoms with Gasteiger partial charge >= 0.3 is 5.97 Å². The van der Waals surface area contributed by atoms with E-state index in [1.807, 2.05) is 32.3 Å². The molecule has 1 heterocycles. The summed E-state index contributed by atoms with van der Waals surface area (Å²) >= 11 is 1.34. The number of ether oxygens (including phenoxy) is 1. The van der Waals surface area contributed by atoms with Crippen LogP contribution in [-0.4, -0.2) is 58.5 Å². The molecule has 0 fully saturated rings. The summed E-state index contributed by atoms with van der Waals surface area (Å²) in [5, 5.41) is 12.4. The van der Waals surface area contributed by atoms with Gasteiger partial charge in [-0.15, -0.1) is 10.2 Å². The molecule has 8 nitrogen and oxygen atoms in total. The van der Waals surface area contributed by atoms with Gasteiger partial charge in [-0.1, -0.05) is 55.1 Å². The number of rotatable bonds is 10. The molecule has 1 N–H and O–H groups in total. The van der Waals surface area contributed by atoms with Gasteiger partial charge in [0.25, 0.3) is 0 Å². The third-order valence-electron chi connectivity index (χ3n) is 5.14. The van der Waals surface area contributed by atoms with E-state index < -0.39 is 5.97 Å². The number of carbonyl (C=O) groups is 2. The molecular formula is C24H29N5O3S. The lowest BCUT2D eigenvalue weighted by Gasteiger charge is -2.23. The summed E-state index contributed by atoms with van der Waals surface area (Å²) in [5.41, 5.74) is 2.05. The highest BCUT2D eigenvalue weighted by Gasteiger charge is 2.22. The van der Waals surface area contributed by atoms with Crippen LogP contribution < -0.4 is 5.32 Å². The van der Waals surface area contributed by atoms with E-state index in [9.17, 15) is 9.59 Å². The number of esters is 1. The van der Waals surface area contributed by atoms with Gasteiger partial charge in [0, 0.05) is 5.69 Å². The maximum absolute atomic E-state index is 12.6. The van der Waals surface area contributed by atoms with E-state index >= 15 is 0 Å². The molecule has 0 saturated carbocycles. The first-order valence-corrected chi connectivity index (χ1v) is 11.7. The van der Waals surface area contributed by atoms with Crippen molar-refractivity contribution >= 4 is 29.3 Å². The van der Waals surface area contributed by atoms with Crippen LogP contribution in [-0.2, 0) is 16.1 Å². The largest absolute Gasteiger partial charge is 0.465 e. The second kappa shape index (κ2) is 11.6. The molecule has 1 unspecified atom stereocenters. The fraction of sp³-hybridized carbons (Fsp3) is 0.333. The Morgan fingerprint density at radius 1 is 1.12 bits per heavy atom. The van der Waals surface area contributed by atoms with Crippen LogP contribution in [0.25, 0.3) is 0 Å². The van der Waals surface area contributed by atoms with Gasteiger partial charge in [-0.05, 0) is 44.3 Å². The highest BCUT2D eigenvalue weighted by atomic mass is 32.2. The summed E-state index contributed by atoms with van der Waals surface area (Å²) in [6, 6.07) is 16.9. The summed E-state index contributed by atoms with van der Waals surface area (Å²) in [6.07, 6.45) is 0.890. The van der Waals surface area contributed by atoms with Crippen molar-refractivity contribution in [3.63, 3.8) is 0 Å². The molecule has 2 aromatic carbocycles. The first-order valence-electron chi connectivity index (χ1n) is 10.7. The van der Waals surface area contributed by atoms with E-state index in [1.54, 1.807) is 24.3 Å². The molecule has 0 spiro atoms. The Kier molecular flexibility index (Phi) is 8.62. The van der Waals surface area contributed by atoms with Crippen molar-refractivity contribution in [3.8, 4) is 0 Å². The maximum atomic E-state index is 12.6. The Bertz CT molecular complexity index is 1080. The van der Waals surface area contributed by atoms with Gasteiger partial charge in [0.05, 0.1) is 31.0 Å². The topological polar surface area (TPSA) is 89.4 Å². The van der Waals surface area contributed by atoms with Crippen LogP contribution in [0.15, 0.2) is 59.8 Å². The molecule has 0 radical (unpaired) electrons. The van der Waals surface area contributed by atoms with E-state index in [1.165, 1.54) is 18.9 Å². The smallest absolute Gasteiger partial charge is 0.337 e. The number of hydrogen-bond donors (Lipinski definition) is 1. The molecule has 3 aromatic rings. The first kappa shape index (κ1) is 24.5. The van der Waals surface area contributed by atoms with E-state index in [4.69, 9.17) is 4.74 Å². The lowest BCUT2D eigenvalue weighted by molar-refractivity contribution is -0.113. The Balaban J connectivity index is 1.75. The van der Waals surface area contributed by atoms with E-state index in [0.29, 0.717) is 23.0 Å². The Morgan fingerprint density at radius 2 is 1.88 bits per heavy atom. The third-order valence-corrected chi connectivity index (χ3v) is 6.10. The summed E-state index contributed by atoms with van der Waals surface area (Å²) in [6.45, 7) is 2.74. The van der Waals surface area contributed by atoms with Crippen molar-refractivity contribution in [2.45, 2.75) is 31.1 Å². The van der Waals surface area contributed by atoms with Crippen molar-refractivity contribution in [2.75, 3.05) is 32.3 Å². The third kappa shape index (κ3) is 6.43. The number of nitrogens with one attached hydrogen (secondary N) is 1. The molecular weight excluding hydrogens is 438 g/mol. The van der Waals surface area contributed by atoms with Crippen LogP contribution >= 0.6 is 11.8 Å². The van der Waals surface area contributed by atoms with Crippen molar-refractivity contribution in [3.05, 3.63) is 71.5 Å². The fourth-order valence-corrected chi connectivity index (χ4v) is 4.26. The minimum atomic E-state index is -0.451. The molecule has 0 saturated heterocycles. The van der Waals surface area contributed by atoms with E-state index in [0.717, 1.165) is 17.8 Å². The van der Waals surface area contributed by atoms with Crippen molar-refractivity contribution in [1.29, 1.82) is 0 Å². The molecule has 0 aliphatic heterocycles.